The number of nitrogens with two attached hydrogens (primary N) is 1. The van der Waals surface area contributed by atoms with Crippen molar-refractivity contribution in [2.75, 3.05) is 18.4 Å². The monoisotopic (exact) mass is 484 g/mol. The SMILES string of the molecule is NC(=O)c1ncn(-c2ccc(NC(=O)c3ccc(F)cc3Cl)cc2)c1C(=O)NCC1CCCN1. The van der Waals surface area contributed by atoms with Gasteiger partial charge in [-0.1, -0.05) is 11.6 Å². The fraction of sp³-hybridized carbons (Fsp3) is 0.217. The van der Waals surface area contributed by atoms with Crippen molar-refractivity contribution in [3.63, 3.8) is 0 Å². The number of carbonyl (C=O) groups is 3. The average molecular weight is 485 g/mol. The molecule has 2 aromatic carbocycles. The van der Waals surface area contributed by atoms with Crippen LogP contribution < -0.4 is 21.7 Å². The quantitative estimate of drug-likeness (QED) is 0.409. The van der Waals surface area contributed by atoms with Gasteiger partial charge in [0.1, 0.15) is 17.8 Å². The smallest absolute Gasteiger partial charge is 0.270 e. The normalized spacial score (nSPS) is 15.2. The van der Waals surface area contributed by atoms with E-state index in [1.165, 1.54) is 17.0 Å². The van der Waals surface area contributed by atoms with Gasteiger partial charge in [-0.05, 0) is 61.9 Å². The third kappa shape index (κ3) is 5.08. The van der Waals surface area contributed by atoms with E-state index in [1.807, 2.05) is 0 Å². The molecule has 2 heterocycles. The van der Waals surface area contributed by atoms with Gasteiger partial charge >= 0.3 is 0 Å². The number of benzene rings is 2. The fourth-order valence-corrected chi connectivity index (χ4v) is 4.00. The zero-order valence-electron chi connectivity index (χ0n) is 18.0. The summed E-state index contributed by atoms with van der Waals surface area (Å²) in [6, 6.07) is 10.2. The Bertz CT molecular complexity index is 1240. The molecule has 1 aliphatic heterocycles. The fourth-order valence-electron chi connectivity index (χ4n) is 3.75. The maximum absolute atomic E-state index is 13.2. The number of anilines is 1. The van der Waals surface area contributed by atoms with Gasteiger partial charge in [-0.3, -0.25) is 19.0 Å². The van der Waals surface area contributed by atoms with E-state index in [4.69, 9.17) is 17.3 Å². The zero-order chi connectivity index (χ0) is 24.2. The number of halogens is 2. The molecule has 1 saturated heterocycles. The van der Waals surface area contributed by atoms with E-state index < -0.39 is 23.5 Å². The number of nitrogens with one attached hydrogen (secondary N) is 3. The molecule has 0 radical (unpaired) electrons. The molecule has 1 aromatic heterocycles. The predicted octanol–water partition coefficient (Wildman–Crippen LogP) is 2.50. The summed E-state index contributed by atoms with van der Waals surface area (Å²) in [4.78, 5) is 41.2. The van der Waals surface area contributed by atoms with Crippen LogP contribution in [0.4, 0.5) is 10.1 Å². The number of hydrogen-bond donors (Lipinski definition) is 4. The van der Waals surface area contributed by atoms with E-state index in [2.05, 4.69) is 20.9 Å². The standard InChI is InChI=1S/C23H22ClFN6O3/c24-18-10-13(25)3-8-17(18)22(33)30-14-4-6-16(7-5-14)31-12-29-19(21(26)32)20(31)23(34)28-11-15-2-1-9-27-15/h3-8,10,12,15,27H,1-2,9,11H2,(H2,26,32)(H,28,34)(H,30,33). The number of hydrogen-bond acceptors (Lipinski definition) is 5. The molecule has 1 fully saturated rings. The van der Waals surface area contributed by atoms with Gasteiger partial charge in [0, 0.05) is 24.0 Å². The van der Waals surface area contributed by atoms with Crippen LogP contribution in [-0.4, -0.2) is 46.4 Å². The molecule has 3 amide bonds. The third-order valence-electron chi connectivity index (χ3n) is 5.47. The average Bonchev–Trinajstić information content (AvgIpc) is 3.48. The maximum atomic E-state index is 13.2. The van der Waals surface area contributed by atoms with E-state index in [0.29, 0.717) is 17.9 Å². The van der Waals surface area contributed by atoms with E-state index in [0.717, 1.165) is 31.5 Å². The van der Waals surface area contributed by atoms with Crippen LogP contribution in [-0.2, 0) is 0 Å². The number of carbonyl (C=O) groups excluding carboxylic acids is 3. The Balaban J connectivity index is 1.53. The second-order valence-electron chi connectivity index (χ2n) is 7.80. The van der Waals surface area contributed by atoms with Gasteiger partial charge < -0.3 is 21.7 Å². The first-order valence-corrected chi connectivity index (χ1v) is 11.0. The van der Waals surface area contributed by atoms with Gasteiger partial charge in [0.05, 0.1) is 10.6 Å². The minimum atomic E-state index is -0.817. The number of imidazole rings is 1. The van der Waals surface area contributed by atoms with Crippen LogP contribution in [0.25, 0.3) is 5.69 Å². The highest BCUT2D eigenvalue weighted by Crippen LogP contribution is 2.21. The zero-order valence-corrected chi connectivity index (χ0v) is 18.7. The molecular formula is C23H22ClFN6O3. The highest BCUT2D eigenvalue weighted by atomic mass is 35.5. The molecule has 0 spiro atoms. The second kappa shape index (κ2) is 10.0. The lowest BCUT2D eigenvalue weighted by Crippen LogP contribution is -2.38. The number of nitrogens with zero attached hydrogens (tertiary/aromatic N) is 2. The van der Waals surface area contributed by atoms with E-state index >= 15 is 0 Å². The minimum Gasteiger partial charge on any atom is -0.364 e. The molecule has 11 heteroatoms. The molecule has 0 saturated carbocycles. The summed E-state index contributed by atoms with van der Waals surface area (Å²) in [6.07, 6.45) is 3.34. The Morgan fingerprint density at radius 3 is 2.59 bits per heavy atom. The van der Waals surface area contributed by atoms with E-state index in [9.17, 15) is 18.8 Å². The van der Waals surface area contributed by atoms with Crippen molar-refractivity contribution >= 4 is 35.0 Å². The largest absolute Gasteiger partial charge is 0.364 e. The summed E-state index contributed by atoms with van der Waals surface area (Å²) in [5, 5.41) is 8.80. The molecule has 9 nitrogen and oxygen atoms in total. The van der Waals surface area contributed by atoms with E-state index in [1.54, 1.807) is 24.3 Å². The van der Waals surface area contributed by atoms with Crippen molar-refractivity contribution < 1.29 is 18.8 Å². The van der Waals surface area contributed by atoms with Crippen molar-refractivity contribution in [3.05, 3.63) is 76.6 Å². The molecule has 3 aromatic rings. The minimum absolute atomic E-state index is 0.00465. The number of aromatic nitrogens is 2. The summed E-state index contributed by atoms with van der Waals surface area (Å²) in [5.41, 5.74) is 6.42. The van der Waals surface area contributed by atoms with Gasteiger partial charge in [-0.2, -0.15) is 0 Å². The van der Waals surface area contributed by atoms with Gasteiger partial charge in [0.2, 0.25) is 0 Å². The first-order chi connectivity index (χ1) is 16.3. The van der Waals surface area contributed by atoms with Crippen LogP contribution in [0.3, 0.4) is 0 Å². The molecule has 176 valence electrons. The summed E-state index contributed by atoms with van der Waals surface area (Å²) in [5.74, 6) is -2.33. The highest BCUT2D eigenvalue weighted by molar-refractivity contribution is 6.34. The maximum Gasteiger partial charge on any atom is 0.270 e. The summed E-state index contributed by atoms with van der Waals surface area (Å²) < 4.78 is 14.7. The molecule has 1 aliphatic rings. The summed E-state index contributed by atoms with van der Waals surface area (Å²) in [6.45, 7) is 1.32. The van der Waals surface area contributed by atoms with Crippen molar-refractivity contribution in [2.24, 2.45) is 5.73 Å². The lowest BCUT2D eigenvalue weighted by atomic mass is 10.2. The Labute approximate surface area is 199 Å². The predicted molar refractivity (Wildman–Crippen MR) is 125 cm³/mol. The molecule has 34 heavy (non-hydrogen) atoms. The van der Waals surface area contributed by atoms with Crippen LogP contribution in [0.5, 0.6) is 0 Å². The van der Waals surface area contributed by atoms with Crippen molar-refractivity contribution in [1.82, 2.24) is 20.2 Å². The molecule has 0 aliphatic carbocycles. The Morgan fingerprint density at radius 2 is 1.94 bits per heavy atom. The molecule has 0 bridgehead atoms. The number of rotatable bonds is 7. The van der Waals surface area contributed by atoms with Gasteiger partial charge in [-0.15, -0.1) is 0 Å². The third-order valence-corrected chi connectivity index (χ3v) is 5.78. The van der Waals surface area contributed by atoms with Crippen LogP contribution >= 0.6 is 11.6 Å². The van der Waals surface area contributed by atoms with Gasteiger partial charge in [0.15, 0.2) is 5.69 Å². The molecule has 4 rings (SSSR count). The first-order valence-electron chi connectivity index (χ1n) is 10.6. The molecule has 5 N–H and O–H groups in total. The molecule has 1 atom stereocenters. The lowest BCUT2D eigenvalue weighted by molar-refractivity contribution is 0.0926. The Kier molecular flexibility index (Phi) is 6.90. The molecular weight excluding hydrogens is 463 g/mol. The molecule has 1 unspecified atom stereocenters. The lowest BCUT2D eigenvalue weighted by Gasteiger charge is -2.14. The van der Waals surface area contributed by atoms with Crippen molar-refractivity contribution in [3.8, 4) is 5.69 Å². The van der Waals surface area contributed by atoms with Crippen LogP contribution in [0.1, 0.15) is 44.2 Å². The second-order valence-corrected chi connectivity index (χ2v) is 8.21. The Hall–Kier alpha value is -3.76. The van der Waals surface area contributed by atoms with Gasteiger partial charge in [-0.25, -0.2) is 9.37 Å². The Morgan fingerprint density at radius 1 is 1.18 bits per heavy atom. The number of primary amides is 1. The summed E-state index contributed by atoms with van der Waals surface area (Å²) >= 11 is 5.95. The topological polar surface area (TPSA) is 131 Å². The van der Waals surface area contributed by atoms with Gasteiger partial charge in [0.25, 0.3) is 17.7 Å². The number of amides is 3. The van der Waals surface area contributed by atoms with E-state index in [-0.39, 0.29) is 28.0 Å². The summed E-state index contributed by atoms with van der Waals surface area (Å²) in [7, 11) is 0. The van der Waals surface area contributed by atoms with Crippen LogP contribution in [0, 0.1) is 5.82 Å². The highest BCUT2D eigenvalue weighted by Gasteiger charge is 2.24. The van der Waals surface area contributed by atoms with Crippen LogP contribution in [0.15, 0.2) is 48.8 Å². The first kappa shape index (κ1) is 23.4. The van der Waals surface area contributed by atoms with Crippen molar-refractivity contribution in [2.45, 2.75) is 18.9 Å². The van der Waals surface area contributed by atoms with Crippen molar-refractivity contribution in [1.29, 1.82) is 0 Å². The van der Waals surface area contributed by atoms with Crippen LogP contribution in [0.2, 0.25) is 5.02 Å².